The van der Waals surface area contributed by atoms with E-state index in [0.29, 0.717) is 53.0 Å². The number of carbonyl (C=O) groups excluding carboxylic acids is 1. The standard InChI is InChI=1S/C27H31N3O6S/c1-16(2)10-12-36-21-9-8-17(14-22(21)35-3)26-23-24(19-6-4-5-7-20(19)31)28-29-25(23)27(32)30(26)18-11-13-37(33,34)15-18/h4-9,14,16,18,26,31H,10-13,15H2,1-3H3,(H,28,29). The van der Waals surface area contributed by atoms with E-state index in [2.05, 4.69) is 24.0 Å². The molecule has 0 aliphatic carbocycles. The van der Waals surface area contributed by atoms with Gasteiger partial charge in [0.05, 0.1) is 31.3 Å². The lowest BCUT2D eigenvalue weighted by Gasteiger charge is -2.31. The number of phenolic OH excluding ortho intramolecular Hbond substituents is 1. The van der Waals surface area contributed by atoms with Crippen LogP contribution < -0.4 is 9.47 Å². The molecule has 1 amide bonds. The fourth-order valence-corrected chi connectivity index (χ4v) is 6.83. The maximum absolute atomic E-state index is 13.7. The minimum atomic E-state index is -3.24. The lowest BCUT2D eigenvalue weighted by Crippen LogP contribution is -2.40. The third-order valence-corrected chi connectivity index (χ3v) is 8.77. The van der Waals surface area contributed by atoms with E-state index in [4.69, 9.17) is 9.47 Å². The summed E-state index contributed by atoms with van der Waals surface area (Å²) in [5, 5.41) is 17.8. The molecule has 3 heterocycles. The number of amides is 1. The highest BCUT2D eigenvalue weighted by molar-refractivity contribution is 7.91. The summed E-state index contributed by atoms with van der Waals surface area (Å²) in [4.78, 5) is 15.3. The van der Waals surface area contributed by atoms with Crippen molar-refractivity contribution in [3.8, 4) is 28.5 Å². The Balaban J connectivity index is 1.61. The Morgan fingerprint density at radius 3 is 2.65 bits per heavy atom. The first-order chi connectivity index (χ1) is 17.7. The first-order valence-corrected chi connectivity index (χ1v) is 14.2. The van der Waals surface area contributed by atoms with Gasteiger partial charge in [0, 0.05) is 17.2 Å². The van der Waals surface area contributed by atoms with Gasteiger partial charge < -0.3 is 19.5 Å². The maximum atomic E-state index is 13.7. The second kappa shape index (κ2) is 9.74. The second-order valence-corrected chi connectivity index (χ2v) is 12.2. The zero-order chi connectivity index (χ0) is 26.3. The van der Waals surface area contributed by atoms with Gasteiger partial charge in [-0.1, -0.05) is 32.0 Å². The van der Waals surface area contributed by atoms with Crippen molar-refractivity contribution >= 4 is 15.7 Å². The Kier molecular flexibility index (Phi) is 6.61. The van der Waals surface area contributed by atoms with Crippen LogP contribution in [0, 0.1) is 5.92 Å². The van der Waals surface area contributed by atoms with Crippen LogP contribution in [-0.2, 0) is 9.84 Å². The fourth-order valence-electron chi connectivity index (χ4n) is 5.12. The predicted octanol–water partition coefficient (Wildman–Crippen LogP) is 3.95. The minimum Gasteiger partial charge on any atom is -0.507 e. The Bertz CT molecular complexity index is 1430. The molecule has 2 atom stereocenters. The van der Waals surface area contributed by atoms with Crippen LogP contribution in [0.5, 0.6) is 17.2 Å². The van der Waals surface area contributed by atoms with Crippen molar-refractivity contribution in [1.82, 2.24) is 15.1 Å². The van der Waals surface area contributed by atoms with Gasteiger partial charge in [-0.25, -0.2) is 8.42 Å². The number of carbonyl (C=O) groups is 1. The molecule has 2 unspecified atom stereocenters. The van der Waals surface area contributed by atoms with E-state index < -0.39 is 21.9 Å². The van der Waals surface area contributed by atoms with Gasteiger partial charge >= 0.3 is 0 Å². The number of ether oxygens (including phenoxy) is 2. The summed E-state index contributed by atoms with van der Waals surface area (Å²) in [7, 11) is -1.68. The van der Waals surface area contributed by atoms with E-state index in [9.17, 15) is 18.3 Å². The number of hydrogen-bond donors (Lipinski definition) is 2. The number of rotatable bonds is 8. The molecule has 0 radical (unpaired) electrons. The third-order valence-electron chi connectivity index (χ3n) is 7.02. The maximum Gasteiger partial charge on any atom is 0.273 e. The molecule has 10 heteroatoms. The van der Waals surface area contributed by atoms with Gasteiger partial charge in [-0.15, -0.1) is 0 Å². The van der Waals surface area contributed by atoms with Crippen molar-refractivity contribution in [1.29, 1.82) is 0 Å². The molecule has 0 bridgehead atoms. The first-order valence-electron chi connectivity index (χ1n) is 12.4. The van der Waals surface area contributed by atoms with Gasteiger partial charge in [0.15, 0.2) is 21.3 Å². The number of benzene rings is 2. The zero-order valence-corrected chi connectivity index (χ0v) is 21.9. The highest BCUT2D eigenvalue weighted by Crippen LogP contribution is 2.47. The highest BCUT2D eigenvalue weighted by atomic mass is 32.2. The first kappa shape index (κ1) is 25.1. The quantitative estimate of drug-likeness (QED) is 0.457. The molecule has 1 saturated heterocycles. The number of nitrogens with one attached hydrogen (secondary N) is 1. The van der Waals surface area contributed by atoms with Crippen LogP contribution >= 0.6 is 0 Å². The van der Waals surface area contributed by atoms with Gasteiger partial charge in [0.2, 0.25) is 0 Å². The molecule has 0 saturated carbocycles. The van der Waals surface area contributed by atoms with Gasteiger partial charge in [0.25, 0.3) is 5.91 Å². The topological polar surface area (TPSA) is 122 Å². The number of fused-ring (bicyclic) bond motifs is 1. The smallest absolute Gasteiger partial charge is 0.273 e. The minimum absolute atomic E-state index is 0.0383. The lowest BCUT2D eigenvalue weighted by molar-refractivity contribution is 0.0677. The predicted molar refractivity (Wildman–Crippen MR) is 139 cm³/mol. The van der Waals surface area contributed by atoms with E-state index in [1.807, 2.05) is 18.2 Å². The molecular weight excluding hydrogens is 494 g/mol. The molecule has 2 aromatic carbocycles. The lowest BCUT2D eigenvalue weighted by atomic mass is 9.94. The van der Waals surface area contributed by atoms with Crippen molar-refractivity contribution < 1.29 is 27.8 Å². The summed E-state index contributed by atoms with van der Waals surface area (Å²) in [6.45, 7) is 4.80. The van der Waals surface area contributed by atoms with Gasteiger partial charge in [-0.05, 0) is 48.6 Å². The Morgan fingerprint density at radius 1 is 1.19 bits per heavy atom. The molecule has 9 nitrogen and oxygen atoms in total. The van der Waals surface area contributed by atoms with Crippen molar-refractivity contribution in [3.05, 3.63) is 59.3 Å². The number of aromatic hydroxyl groups is 1. The Morgan fingerprint density at radius 2 is 1.97 bits per heavy atom. The summed E-state index contributed by atoms with van der Waals surface area (Å²) in [6, 6.07) is 11.2. The van der Waals surface area contributed by atoms with Gasteiger partial charge in [-0.3, -0.25) is 9.89 Å². The zero-order valence-electron chi connectivity index (χ0n) is 21.1. The molecule has 2 aliphatic rings. The van der Waals surface area contributed by atoms with Gasteiger partial charge in [-0.2, -0.15) is 5.10 Å². The van der Waals surface area contributed by atoms with Crippen LogP contribution in [0.4, 0.5) is 0 Å². The number of nitrogens with zero attached hydrogens (tertiary/aromatic N) is 2. The molecule has 1 fully saturated rings. The average molecular weight is 526 g/mol. The molecule has 5 rings (SSSR count). The summed E-state index contributed by atoms with van der Waals surface area (Å²) < 4.78 is 36.3. The van der Waals surface area contributed by atoms with Crippen LogP contribution in [0.2, 0.25) is 0 Å². The van der Waals surface area contributed by atoms with Crippen molar-refractivity contribution in [2.45, 2.75) is 38.8 Å². The molecule has 1 aromatic heterocycles. The largest absolute Gasteiger partial charge is 0.507 e. The summed E-state index contributed by atoms with van der Waals surface area (Å²) >= 11 is 0. The monoisotopic (exact) mass is 525 g/mol. The van der Waals surface area contributed by atoms with E-state index in [1.54, 1.807) is 36.3 Å². The fraction of sp³-hybridized carbons (Fsp3) is 0.407. The Hall–Kier alpha value is -3.53. The number of aromatic nitrogens is 2. The van der Waals surface area contributed by atoms with Crippen LogP contribution in [-0.4, -0.2) is 65.8 Å². The van der Waals surface area contributed by atoms with Crippen LogP contribution in [0.25, 0.3) is 11.3 Å². The molecule has 37 heavy (non-hydrogen) atoms. The molecule has 0 spiro atoms. The van der Waals surface area contributed by atoms with Gasteiger partial charge in [0.1, 0.15) is 17.1 Å². The molecule has 196 valence electrons. The summed E-state index contributed by atoms with van der Waals surface area (Å²) in [5.41, 5.74) is 2.57. The number of sulfone groups is 1. The van der Waals surface area contributed by atoms with E-state index in [0.717, 1.165) is 12.0 Å². The summed E-state index contributed by atoms with van der Waals surface area (Å²) in [6.07, 6.45) is 1.26. The Labute approximate surface area is 216 Å². The molecule has 2 N–H and O–H groups in total. The number of methoxy groups -OCH3 is 1. The SMILES string of the molecule is COc1cc(C2c3c(-c4ccccc4O)n[nH]c3C(=O)N2C2CCS(=O)(=O)C2)ccc1OCCC(C)C. The molecule has 3 aromatic rings. The van der Waals surface area contributed by atoms with E-state index in [-0.39, 0.29) is 23.2 Å². The van der Waals surface area contributed by atoms with Crippen molar-refractivity contribution in [2.75, 3.05) is 25.2 Å². The third kappa shape index (κ3) is 4.66. The van der Waals surface area contributed by atoms with Crippen molar-refractivity contribution in [3.63, 3.8) is 0 Å². The van der Waals surface area contributed by atoms with Crippen LogP contribution in [0.3, 0.4) is 0 Å². The highest BCUT2D eigenvalue weighted by Gasteiger charge is 2.48. The number of H-pyrrole nitrogens is 1. The number of hydrogen-bond acceptors (Lipinski definition) is 7. The number of phenols is 1. The average Bonchev–Trinajstić information content (AvgIpc) is 3.52. The number of para-hydroxylation sites is 1. The van der Waals surface area contributed by atoms with E-state index in [1.165, 1.54) is 0 Å². The normalized spacial score (nSPS) is 20.4. The van der Waals surface area contributed by atoms with Crippen molar-refractivity contribution in [2.24, 2.45) is 5.92 Å². The van der Waals surface area contributed by atoms with Crippen LogP contribution in [0.15, 0.2) is 42.5 Å². The van der Waals surface area contributed by atoms with E-state index >= 15 is 0 Å². The van der Waals surface area contributed by atoms with Crippen LogP contribution in [0.1, 0.15) is 54.3 Å². The molecule has 2 aliphatic heterocycles. The number of aromatic amines is 1. The summed E-state index contributed by atoms with van der Waals surface area (Å²) in [5.74, 6) is 1.29. The second-order valence-electron chi connectivity index (χ2n) is 9.99. The molecular formula is C27H31N3O6S.